The van der Waals surface area contributed by atoms with Crippen LogP contribution in [-0.2, 0) is 4.74 Å². The molecule has 0 saturated carbocycles. The molecule has 94 valence electrons. The van der Waals surface area contributed by atoms with Gasteiger partial charge in [0.05, 0.1) is 11.8 Å². The Bertz CT molecular complexity index is 395. The Balaban J connectivity index is 2.77. The molecule has 0 radical (unpaired) electrons. The van der Waals surface area contributed by atoms with Crippen molar-refractivity contribution in [3.05, 3.63) is 29.6 Å². The van der Waals surface area contributed by atoms with Gasteiger partial charge in [0, 0.05) is 13.2 Å². The van der Waals surface area contributed by atoms with Gasteiger partial charge in [0.15, 0.2) is 0 Å². The third-order valence-electron chi connectivity index (χ3n) is 2.26. The Morgan fingerprint density at radius 1 is 1.59 bits per heavy atom. The lowest BCUT2D eigenvalue weighted by Gasteiger charge is -2.15. The molecule has 17 heavy (non-hydrogen) atoms. The van der Waals surface area contributed by atoms with E-state index < -0.39 is 11.8 Å². The molecular formula is C12H16FNO3. The number of anilines is 1. The lowest BCUT2D eigenvalue weighted by Crippen LogP contribution is -2.21. The summed E-state index contributed by atoms with van der Waals surface area (Å²) in [5, 5.41) is 11.8. The van der Waals surface area contributed by atoms with E-state index in [0.29, 0.717) is 13.2 Å². The molecule has 1 aromatic rings. The van der Waals surface area contributed by atoms with E-state index in [-0.39, 0.29) is 17.4 Å². The van der Waals surface area contributed by atoms with E-state index in [1.165, 1.54) is 12.1 Å². The van der Waals surface area contributed by atoms with Crippen LogP contribution in [0.4, 0.5) is 10.1 Å². The first-order valence-electron chi connectivity index (χ1n) is 5.43. The molecule has 0 aliphatic rings. The van der Waals surface area contributed by atoms with Gasteiger partial charge >= 0.3 is 5.97 Å². The molecule has 2 N–H and O–H groups in total. The molecule has 0 spiro atoms. The van der Waals surface area contributed by atoms with Gasteiger partial charge in [0.25, 0.3) is 0 Å². The minimum Gasteiger partial charge on any atom is -0.478 e. The highest BCUT2D eigenvalue weighted by Crippen LogP contribution is 2.18. The lowest BCUT2D eigenvalue weighted by atomic mass is 10.1. The molecule has 0 fully saturated rings. The number of hydrogen-bond acceptors (Lipinski definition) is 3. The second-order valence-corrected chi connectivity index (χ2v) is 3.61. The highest BCUT2D eigenvalue weighted by atomic mass is 19.1. The first-order chi connectivity index (χ1) is 8.06. The highest BCUT2D eigenvalue weighted by Gasteiger charge is 2.15. The number of rotatable bonds is 6. The van der Waals surface area contributed by atoms with Crippen molar-refractivity contribution in [2.24, 2.45) is 0 Å². The molecule has 0 heterocycles. The summed E-state index contributed by atoms with van der Waals surface area (Å²) in [6.07, 6.45) is -0.0649. The fourth-order valence-electron chi connectivity index (χ4n) is 1.49. The number of halogens is 1. The molecule has 0 bridgehead atoms. The maximum atomic E-state index is 13.3. The molecule has 1 unspecified atom stereocenters. The number of carboxylic acid groups (broad SMARTS) is 1. The number of nitrogens with one attached hydrogen (secondary N) is 1. The van der Waals surface area contributed by atoms with E-state index in [1.54, 1.807) is 0 Å². The fraction of sp³-hybridized carbons (Fsp3) is 0.417. The Morgan fingerprint density at radius 2 is 2.29 bits per heavy atom. The number of carbonyl (C=O) groups is 1. The van der Waals surface area contributed by atoms with Gasteiger partial charge in [-0.1, -0.05) is 6.07 Å². The average Bonchev–Trinajstić information content (AvgIpc) is 2.26. The van der Waals surface area contributed by atoms with Crippen molar-refractivity contribution in [2.75, 3.05) is 18.5 Å². The first-order valence-corrected chi connectivity index (χ1v) is 5.43. The van der Waals surface area contributed by atoms with E-state index in [0.717, 1.165) is 6.07 Å². The first kappa shape index (κ1) is 13.4. The summed E-state index contributed by atoms with van der Waals surface area (Å²) in [4.78, 5) is 10.9. The lowest BCUT2D eigenvalue weighted by molar-refractivity contribution is 0.0691. The SMILES string of the molecule is CCOC(C)CNc1cccc(F)c1C(=O)O. The van der Waals surface area contributed by atoms with Crippen LogP contribution in [0.15, 0.2) is 18.2 Å². The minimum atomic E-state index is -1.28. The van der Waals surface area contributed by atoms with Crippen molar-refractivity contribution in [1.82, 2.24) is 0 Å². The summed E-state index contributed by atoms with van der Waals surface area (Å²) < 4.78 is 18.6. The Kier molecular flexibility index (Phi) is 4.90. The van der Waals surface area contributed by atoms with E-state index in [4.69, 9.17) is 9.84 Å². The Labute approximate surface area is 99.4 Å². The van der Waals surface area contributed by atoms with Crippen molar-refractivity contribution in [3.8, 4) is 0 Å². The van der Waals surface area contributed by atoms with Crippen molar-refractivity contribution >= 4 is 11.7 Å². The predicted molar refractivity (Wildman–Crippen MR) is 62.9 cm³/mol. The molecule has 1 atom stereocenters. The van der Waals surface area contributed by atoms with Crippen LogP contribution in [0.1, 0.15) is 24.2 Å². The van der Waals surface area contributed by atoms with E-state index in [1.807, 2.05) is 13.8 Å². The molecule has 4 nitrogen and oxygen atoms in total. The van der Waals surface area contributed by atoms with Crippen molar-refractivity contribution in [2.45, 2.75) is 20.0 Å². The molecule has 0 aliphatic carbocycles. The van der Waals surface area contributed by atoms with Crippen LogP contribution < -0.4 is 5.32 Å². The van der Waals surface area contributed by atoms with Crippen LogP contribution in [0.3, 0.4) is 0 Å². The van der Waals surface area contributed by atoms with Crippen LogP contribution in [0.25, 0.3) is 0 Å². The summed E-state index contributed by atoms with van der Waals surface area (Å²) in [5.41, 5.74) is -0.0692. The standard InChI is InChI=1S/C12H16FNO3/c1-3-17-8(2)7-14-10-6-4-5-9(13)11(10)12(15)16/h4-6,8,14H,3,7H2,1-2H3,(H,15,16). The van der Waals surface area contributed by atoms with Crippen molar-refractivity contribution < 1.29 is 19.0 Å². The summed E-state index contributed by atoms with van der Waals surface area (Å²) in [7, 11) is 0. The number of carboxylic acids is 1. The fourth-order valence-corrected chi connectivity index (χ4v) is 1.49. The highest BCUT2D eigenvalue weighted by molar-refractivity contribution is 5.94. The third-order valence-corrected chi connectivity index (χ3v) is 2.26. The molecule has 1 aromatic carbocycles. The smallest absolute Gasteiger partial charge is 0.340 e. The van der Waals surface area contributed by atoms with Crippen molar-refractivity contribution in [3.63, 3.8) is 0 Å². The third kappa shape index (κ3) is 3.71. The zero-order valence-electron chi connectivity index (χ0n) is 9.87. The second kappa shape index (κ2) is 6.20. The quantitative estimate of drug-likeness (QED) is 0.802. The number of aromatic carboxylic acids is 1. The summed E-state index contributed by atoms with van der Waals surface area (Å²) >= 11 is 0. The van der Waals surface area contributed by atoms with E-state index in [9.17, 15) is 9.18 Å². The summed E-state index contributed by atoms with van der Waals surface area (Å²) in [5.74, 6) is -2.03. The summed E-state index contributed by atoms with van der Waals surface area (Å²) in [6, 6.07) is 4.13. The topological polar surface area (TPSA) is 58.6 Å². The normalized spacial score (nSPS) is 12.2. The van der Waals surface area contributed by atoms with Gasteiger partial charge in [-0.15, -0.1) is 0 Å². The van der Waals surface area contributed by atoms with Gasteiger partial charge < -0.3 is 15.2 Å². The van der Waals surface area contributed by atoms with Crippen LogP contribution in [0, 0.1) is 5.82 Å². The Morgan fingerprint density at radius 3 is 2.88 bits per heavy atom. The predicted octanol–water partition coefficient (Wildman–Crippen LogP) is 2.36. The Hall–Kier alpha value is -1.62. The summed E-state index contributed by atoms with van der Waals surface area (Å²) in [6.45, 7) is 4.74. The van der Waals surface area contributed by atoms with Gasteiger partial charge in [-0.25, -0.2) is 9.18 Å². The van der Waals surface area contributed by atoms with Gasteiger partial charge in [-0.3, -0.25) is 0 Å². The molecule has 0 saturated heterocycles. The zero-order valence-corrected chi connectivity index (χ0v) is 9.87. The minimum absolute atomic E-state index is 0.0649. The van der Waals surface area contributed by atoms with E-state index in [2.05, 4.69) is 5.32 Å². The largest absolute Gasteiger partial charge is 0.478 e. The zero-order chi connectivity index (χ0) is 12.8. The van der Waals surface area contributed by atoms with Crippen LogP contribution >= 0.6 is 0 Å². The maximum absolute atomic E-state index is 13.3. The van der Waals surface area contributed by atoms with Crippen molar-refractivity contribution in [1.29, 1.82) is 0 Å². The number of benzene rings is 1. The van der Waals surface area contributed by atoms with Crippen LogP contribution in [0.5, 0.6) is 0 Å². The molecule has 0 aromatic heterocycles. The van der Waals surface area contributed by atoms with Gasteiger partial charge in [0.1, 0.15) is 11.4 Å². The van der Waals surface area contributed by atoms with Gasteiger partial charge in [0.2, 0.25) is 0 Å². The molecule has 1 rings (SSSR count). The van der Waals surface area contributed by atoms with Gasteiger partial charge in [-0.05, 0) is 26.0 Å². The molecule has 0 aliphatic heterocycles. The molecular weight excluding hydrogens is 225 g/mol. The molecule has 0 amide bonds. The van der Waals surface area contributed by atoms with Crippen LogP contribution in [-0.4, -0.2) is 30.3 Å². The second-order valence-electron chi connectivity index (χ2n) is 3.61. The number of hydrogen-bond donors (Lipinski definition) is 2. The molecule has 5 heteroatoms. The average molecular weight is 241 g/mol. The van der Waals surface area contributed by atoms with Crippen LogP contribution in [0.2, 0.25) is 0 Å². The maximum Gasteiger partial charge on any atom is 0.340 e. The number of ether oxygens (including phenoxy) is 1. The monoisotopic (exact) mass is 241 g/mol. The van der Waals surface area contributed by atoms with E-state index >= 15 is 0 Å². The van der Waals surface area contributed by atoms with Gasteiger partial charge in [-0.2, -0.15) is 0 Å².